The molecule has 2 aliphatic rings. The molecule has 2 aromatic rings. The Morgan fingerprint density at radius 1 is 0.636 bits per heavy atom. The molecule has 0 aromatic heterocycles. The van der Waals surface area contributed by atoms with Crippen LogP contribution in [0.25, 0.3) is 11.1 Å². The number of benzene rings is 2. The molecule has 2 fully saturated rings. The highest BCUT2D eigenvalue weighted by atomic mass is 14.3. The van der Waals surface area contributed by atoms with E-state index < -0.39 is 0 Å². The van der Waals surface area contributed by atoms with E-state index in [4.69, 9.17) is 0 Å². The highest BCUT2D eigenvalue weighted by Gasteiger charge is 2.24. The van der Waals surface area contributed by atoms with E-state index in [1.807, 2.05) is 0 Å². The van der Waals surface area contributed by atoms with Crippen LogP contribution in [0.5, 0.6) is 0 Å². The third kappa shape index (κ3) is 6.74. The lowest BCUT2D eigenvalue weighted by Gasteiger charge is -2.30. The zero-order valence-corrected chi connectivity index (χ0v) is 21.7. The molecule has 0 aliphatic heterocycles. The molecule has 0 N–H and O–H groups in total. The molecule has 2 aromatic carbocycles. The first-order valence-corrected chi connectivity index (χ1v) is 14.4. The van der Waals surface area contributed by atoms with E-state index in [0.29, 0.717) is 0 Å². The van der Waals surface area contributed by atoms with Crippen molar-refractivity contribution in [2.75, 3.05) is 0 Å². The van der Waals surface area contributed by atoms with Gasteiger partial charge in [-0.05, 0) is 110 Å². The average Bonchev–Trinajstić information content (AvgIpc) is 2.88. The summed E-state index contributed by atoms with van der Waals surface area (Å²) < 4.78 is 0. The number of hydrogen-bond acceptors (Lipinski definition) is 0. The molecule has 0 heterocycles. The van der Waals surface area contributed by atoms with Crippen molar-refractivity contribution in [1.29, 1.82) is 0 Å². The Morgan fingerprint density at radius 3 is 1.52 bits per heavy atom. The maximum Gasteiger partial charge on any atom is -0.0162 e. The van der Waals surface area contributed by atoms with Crippen molar-refractivity contribution in [3.63, 3.8) is 0 Å². The normalized spacial score (nSPS) is 26.8. The Morgan fingerprint density at radius 2 is 1.09 bits per heavy atom. The SMILES string of the molecule is CCCCC1CCC(c2ccc(-c3ccc(C4CCC(CC(C)CC)CC4)cc3)cc2)CC1. The van der Waals surface area contributed by atoms with Gasteiger partial charge < -0.3 is 0 Å². The summed E-state index contributed by atoms with van der Waals surface area (Å²) in [5.41, 5.74) is 5.88. The highest BCUT2D eigenvalue weighted by Crippen LogP contribution is 2.40. The van der Waals surface area contributed by atoms with Gasteiger partial charge in [0.15, 0.2) is 0 Å². The van der Waals surface area contributed by atoms with Gasteiger partial charge in [-0.1, -0.05) is 95.0 Å². The summed E-state index contributed by atoms with van der Waals surface area (Å²) in [6.45, 7) is 7.09. The number of hydrogen-bond donors (Lipinski definition) is 0. The van der Waals surface area contributed by atoms with Crippen LogP contribution in [0.2, 0.25) is 0 Å². The Labute approximate surface area is 204 Å². The van der Waals surface area contributed by atoms with E-state index in [9.17, 15) is 0 Å². The molecule has 2 aliphatic carbocycles. The minimum atomic E-state index is 0.780. The van der Waals surface area contributed by atoms with Crippen molar-refractivity contribution < 1.29 is 0 Å². The number of unbranched alkanes of at least 4 members (excludes halogenated alkanes) is 1. The fourth-order valence-electron chi connectivity index (χ4n) is 6.64. The van der Waals surface area contributed by atoms with Crippen molar-refractivity contribution in [1.82, 2.24) is 0 Å². The van der Waals surface area contributed by atoms with Crippen LogP contribution in [-0.2, 0) is 0 Å². The number of rotatable bonds is 9. The lowest BCUT2D eigenvalue weighted by Crippen LogP contribution is -2.15. The average molecular weight is 445 g/mol. The summed E-state index contributed by atoms with van der Waals surface area (Å²) >= 11 is 0. The van der Waals surface area contributed by atoms with Crippen LogP contribution >= 0.6 is 0 Å². The Hall–Kier alpha value is -1.56. The lowest BCUT2D eigenvalue weighted by atomic mass is 9.75. The maximum absolute atomic E-state index is 2.43. The predicted molar refractivity (Wildman–Crippen MR) is 145 cm³/mol. The topological polar surface area (TPSA) is 0 Å². The summed E-state index contributed by atoms with van der Waals surface area (Å²) in [4.78, 5) is 0. The molecule has 0 radical (unpaired) electrons. The first kappa shape index (κ1) is 24.6. The molecule has 0 nitrogen and oxygen atoms in total. The van der Waals surface area contributed by atoms with Crippen molar-refractivity contribution in [2.24, 2.45) is 17.8 Å². The van der Waals surface area contributed by atoms with Crippen LogP contribution in [0, 0.1) is 17.8 Å². The molecule has 0 saturated heterocycles. The van der Waals surface area contributed by atoms with E-state index in [-0.39, 0.29) is 0 Å². The summed E-state index contributed by atoms with van der Waals surface area (Å²) in [7, 11) is 0. The van der Waals surface area contributed by atoms with Gasteiger partial charge in [0.25, 0.3) is 0 Å². The smallest absolute Gasteiger partial charge is 0.0162 e. The van der Waals surface area contributed by atoms with Crippen molar-refractivity contribution in [3.8, 4) is 11.1 Å². The fourth-order valence-corrected chi connectivity index (χ4v) is 6.64. The second-order valence-electron chi connectivity index (χ2n) is 11.6. The minimum absolute atomic E-state index is 0.780. The van der Waals surface area contributed by atoms with Gasteiger partial charge in [0, 0.05) is 0 Å². The van der Waals surface area contributed by atoms with Crippen molar-refractivity contribution >= 4 is 0 Å². The van der Waals surface area contributed by atoms with E-state index in [2.05, 4.69) is 69.3 Å². The van der Waals surface area contributed by atoms with E-state index in [0.717, 1.165) is 29.6 Å². The molecule has 180 valence electrons. The van der Waals surface area contributed by atoms with Crippen LogP contribution in [0.1, 0.15) is 127 Å². The van der Waals surface area contributed by atoms with Gasteiger partial charge in [-0.15, -0.1) is 0 Å². The first-order valence-electron chi connectivity index (χ1n) is 14.4. The molecule has 1 unspecified atom stereocenters. The van der Waals surface area contributed by atoms with Gasteiger partial charge in [0.2, 0.25) is 0 Å². The van der Waals surface area contributed by atoms with Crippen LogP contribution in [0.3, 0.4) is 0 Å². The van der Waals surface area contributed by atoms with Gasteiger partial charge in [0.05, 0.1) is 0 Å². The molecule has 4 rings (SSSR count). The zero-order valence-electron chi connectivity index (χ0n) is 21.7. The molecular weight excluding hydrogens is 396 g/mol. The van der Waals surface area contributed by atoms with Crippen LogP contribution in [0.15, 0.2) is 48.5 Å². The standard InChI is InChI=1S/C33H48/c1-4-6-7-26-8-12-28(13-9-26)30-16-20-32(21-17-30)33-22-18-31(19-23-33)29-14-10-27(11-15-29)24-25(3)5-2/h16-23,25-29H,4-15,24H2,1-3H3. The Balaban J connectivity index is 1.29. The minimum Gasteiger partial charge on any atom is -0.0654 e. The summed E-state index contributed by atoms with van der Waals surface area (Å²) in [5, 5.41) is 0. The lowest BCUT2D eigenvalue weighted by molar-refractivity contribution is 0.273. The molecular formula is C33H48. The second kappa shape index (κ2) is 12.2. The molecule has 2 saturated carbocycles. The second-order valence-corrected chi connectivity index (χ2v) is 11.6. The van der Waals surface area contributed by atoms with Crippen LogP contribution in [0.4, 0.5) is 0 Å². The molecule has 0 bridgehead atoms. The summed E-state index contributed by atoms with van der Waals surface area (Å²) in [6, 6.07) is 19.1. The molecule has 1 atom stereocenters. The van der Waals surface area contributed by atoms with E-state index in [1.165, 1.54) is 94.6 Å². The van der Waals surface area contributed by atoms with Crippen molar-refractivity contribution in [3.05, 3.63) is 59.7 Å². The quantitative estimate of drug-likeness (QED) is 0.361. The van der Waals surface area contributed by atoms with Crippen LogP contribution < -0.4 is 0 Å². The summed E-state index contributed by atoms with van der Waals surface area (Å²) in [6.07, 6.45) is 18.3. The predicted octanol–water partition coefficient (Wildman–Crippen LogP) is 10.5. The van der Waals surface area contributed by atoms with Gasteiger partial charge >= 0.3 is 0 Å². The largest absolute Gasteiger partial charge is 0.0654 e. The molecule has 0 spiro atoms. The molecule has 33 heavy (non-hydrogen) atoms. The monoisotopic (exact) mass is 444 g/mol. The molecule has 0 heteroatoms. The third-order valence-electron chi connectivity index (χ3n) is 9.19. The van der Waals surface area contributed by atoms with Gasteiger partial charge in [-0.2, -0.15) is 0 Å². The molecule has 0 amide bonds. The van der Waals surface area contributed by atoms with Gasteiger partial charge in [-0.3, -0.25) is 0 Å². The Bertz CT molecular complexity index is 798. The highest BCUT2D eigenvalue weighted by molar-refractivity contribution is 5.64. The van der Waals surface area contributed by atoms with Gasteiger partial charge in [-0.25, -0.2) is 0 Å². The van der Waals surface area contributed by atoms with Crippen molar-refractivity contribution in [2.45, 2.75) is 116 Å². The van der Waals surface area contributed by atoms with Crippen LogP contribution in [-0.4, -0.2) is 0 Å². The maximum atomic E-state index is 2.43. The zero-order chi connectivity index (χ0) is 23.0. The van der Waals surface area contributed by atoms with E-state index >= 15 is 0 Å². The van der Waals surface area contributed by atoms with E-state index in [1.54, 1.807) is 11.1 Å². The fraction of sp³-hybridized carbons (Fsp3) is 0.636. The first-order chi connectivity index (χ1) is 16.2. The third-order valence-corrected chi connectivity index (χ3v) is 9.19. The summed E-state index contributed by atoms with van der Waals surface area (Å²) in [5.74, 6) is 4.43. The Kier molecular flexibility index (Phi) is 9.10. The van der Waals surface area contributed by atoms with Gasteiger partial charge in [0.1, 0.15) is 0 Å².